The minimum absolute atomic E-state index is 0.00388. The number of carbonyl (C=O) groups excluding carboxylic acids is 1. The second-order valence-electron chi connectivity index (χ2n) is 4.57. The number of aliphatic carboxylic acids is 1. The van der Waals surface area contributed by atoms with Gasteiger partial charge in [-0.05, 0) is 31.2 Å². The van der Waals surface area contributed by atoms with Gasteiger partial charge in [0.2, 0.25) is 0 Å². The summed E-state index contributed by atoms with van der Waals surface area (Å²) in [6, 6.07) is 13.2. The quantitative estimate of drug-likeness (QED) is 0.904. The van der Waals surface area contributed by atoms with Gasteiger partial charge in [-0.1, -0.05) is 24.3 Å². The maximum absolute atomic E-state index is 12.6. The number of carbonyl (C=O) groups is 2. The number of carboxylic acids is 1. The minimum atomic E-state index is -1.11. The highest BCUT2D eigenvalue weighted by molar-refractivity contribution is 6.09. The molecule has 0 atom stereocenters. The molecule has 2 aromatic carbocycles. The molecule has 0 aliphatic carbocycles. The lowest BCUT2D eigenvalue weighted by Gasteiger charge is -2.22. The predicted octanol–water partition coefficient (Wildman–Crippen LogP) is 2.43. The van der Waals surface area contributed by atoms with Gasteiger partial charge in [0.05, 0.1) is 0 Å². The topological polar surface area (TPSA) is 77.8 Å². The van der Waals surface area contributed by atoms with E-state index in [1.165, 1.54) is 11.0 Å². The summed E-state index contributed by atoms with van der Waals surface area (Å²) in [5.74, 6) is -1.56. The molecule has 2 aromatic rings. The molecule has 21 heavy (non-hydrogen) atoms. The Morgan fingerprint density at radius 2 is 1.71 bits per heavy atom. The van der Waals surface area contributed by atoms with Gasteiger partial charge in [-0.25, -0.2) is 0 Å². The molecule has 0 aliphatic heterocycles. The lowest BCUT2D eigenvalue weighted by molar-refractivity contribution is -0.135. The van der Waals surface area contributed by atoms with E-state index in [1.807, 2.05) is 0 Å². The van der Waals surface area contributed by atoms with E-state index in [0.717, 1.165) is 0 Å². The van der Waals surface area contributed by atoms with Gasteiger partial charge in [0.15, 0.2) is 0 Å². The van der Waals surface area contributed by atoms with E-state index in [-0.39, 0.29) is 11.3 Å². The SMILES string of the molecule is Cc1c(O)cccc1C(=O)N(CC(=O)O)c1ccccc1. The third-order valence-electron chi connectivity index (χ3n) is 3.14. The second-order valence-corrected chi connectivity index (χ2v) is 4.57. The molecule has 1 amide bonds. The van der Waals surface area contributed by atoms with Gasteiger partial charge in [0.1, 0.15) is 12.3 Å². The molecule has 5 nitrogen and oxygen atoms in total. The van der Waals surface area contributed by atoms with E-state index in [4.69, 9.17) is 5.11 Å². The summed E-state index contributed by atoms with van der Waals surface area (Å²) in [4.78, 5) is 24.8. The molecular weight excluding hydrogens is 270 g/mol. The van der Waals surface area contributed by atoms with Crippen molar-refractivity contribution in [2.75, 3.05) is 11.4 Å². The van der Waals surface area contributed by atoms with Crippen LogP contribution in [0.5, 0.6) is 5.75 Å². The molecular formula is C16H15NO4. The van der Waals surface area contributed by atoms with Gasteiger partial charge in [0.25, 0.3) is 5.91 Å². The molecule has 0 spiro atoms. The van der Waals surface area contributed by atoms with Crippen molar-refractivity contribution >= 4 is 17.6 Å². The minimum Gasteiger partial charge on any atom is -0.508 e. The lowest BCUT2D eigenvalue weighted by Crippen LogP contribution is -2.36. The van der Waals surface area contributed by atoms with Crippen LogP contribution in [0.2, 0.25) is 0 Å². The summed E-state index contributed by atoms with van der Waals surface area (Å²) in [5, 5.41) is 18.7. The van der Waals surface area contributed by atoms with Gasteiger partial charge in [0, 0.05) is 16.8 Å². The van der Waals surface area contributed by atoms with Crippen LogP contribution in [0.15, 0.2) is 48.5 Å². The Hall–Kier alpha value is -2.82. The third-order valence-corrected chi connectivity index (χ3v) is 3.14. The van der Waals surface area contributed by atoms with Crippen LogP contribution < -0.4 is 4.90 Å². The number of nitrogens with zero attached hydrogens (tertiary/aromatic N) is 1. The molecule has 0 saturated carbocycles. The zero-order chi connectivity index (χ0) is 15.4. The highest BCUT2D eigenvalue weighted by Gasteiger charge is 2.22. The summed E-state index contributed by atoms with van der Waals surface area (Å²) in [5.41, 5.74) is 1.20. The lowest BCUT2D eigenvalue weighted by atomic mass is 10.1. The van der Waals surface area contributed by atoms with Crippen molar-refractivity contribution in [2.45, 2.75) is 6.92 Å². The van der Waals surface area contributed by atoms with Gasteiger partial charge < -0.3 is 10.2 Å². The van der Waals surface area contributed by atoms with Crippen molar-refractivity contribution < 1.29 is 19.8 Å². The maximum atomic E-state index is 12.6. The van der Waals surface area contributed by atoms with E-state index in [9.17, 15) is 14.7 Å². The second kappa shape index (κ2) is 6.09. The van der Waals surface area contributed by atoms with Gasteiger partial charge in [-0.3, -0.25) is 14.5 Å². The zero-order valence-electron chi connectivity index (χ0n) is 11.5. The zero-order valence-corrected chi connectivity index (χ0v) is 11.5. The normalized spacial score (nSPS) is 10.1. The van der Waals surface area contributed by atoms with Crippen molar-refractivity contribution in [3.63, 3.8) is 0 Å². The number of anilines is 1. The molecule has 108 valence electrons. The van der Waals surface area contributed by atoms with Crippen LogP contribution in [-0.2, 0) is 4.79 Å². The first-order valence-corrected chi connectivity index (χ1v) is 6.38. The fourth-order valence-corrected chi connectivity index (χ4v) is 2.02. The van der Waals surface area contributed by atoms with E-state index in [2.05, 4.69) is 0 Å². The fourth-order valence-electron chi connectivity index (χ4n) is 2.02. The Kier molecular flexibility index (Phi) is 4.23. The molecule has 0 aliphatic rings. The van der Waals surface area contributed by atoms with Crippen LogP contribution >= 0.6 is 0 Å². The Bertz CT molecular complexity index is 667. The average Bonchev–Trinajstić information content (AvgIpc) is 2.48. The summed E-state index contributed by atoms with van der Waals surface area (Å²) in [6.07, 6.45) is 0. The molecule has 2 rings (SSSR count). The standard InChI is InChI=1S/C16H15NO4/c1-11-13(8-5-9-14(11)18)16(21)17(10-15(19)20)12-6-3-2-4-7-12/h2-9,18H,10H2,1H3,(H,19,20). The third kappa shape index (κ3) is 3.20. The van der Waals surface area contributed by atoms with Gasteiger partial charge >= 0.3 is 5.97 Å². The molecule has 0 aromatic heterocycles. The highest BCUT2D eigenvalue weighted by Crippen LogP contribution is 2.23. The largest absolute Gasteiger partial charge is 0.508 e. The molecule has 5 heteroatoms. The molecule has 0 fully saturated rings. The van der Waals surface area contributed by atoms with Crippen LogP contribution in [0, 0.1) is 6.92 Å². The van der Waals surface area contributed by atoms with Crippen LogP contribution in [0.4, 0.5) is 5.69 Å². The number of hydrogen-bond donors (Lipinski definition) is 2. The van der Waals surface area contributed by atoms with Crippen LogP contribution in [0.3, 0.4) is 0 Å². The molecule has 0 unspecified atom stereocenters. The Labute approximate surface area is 122 Å². The first-order valence-electron chi connectivity index (χ1n) is 6.38. The fraction of sp³-hybridized carbons (Fsp3) is 0.125. The van der Waals surface area contributed by atoms with E-state index in [0.29, 0.717) is 11.3 Å². The van der Waals surface area contributed by atoms with Crippen molar-refractivity contribution in [3.8, 4) is 5.75 Å². The number of benzene rings is 2. The van der Waals surface area contributed by atoms with Crippen molar-refractivity contribution in [1.29, 1.82) is 0 Å². The maximum Gasteiger partial charge on any atom is 0.323 e. The van der Waals surface area contributed by atoms with Crippen LogP contribution in [0.25, 0.3) is 0 Å². The van der Waals surface area contributed by atoms with E-state index < -0.39 is 18.4 Å². The first kappa shape index (κ1) is 14.6. The number of rotatable bonds is 4. The number of amides is 1. The van der Waals surface area contributed by atoms with E-state index in [1.54, 1.807) is 49.4 Å². The Morgan fingerprint density at radius 3 is 2.33 bits per heavy atom. The smallest absolute Gasteiger partial charge is 0.323 e. The van der Waals surface area contributed by atoms with Gasteiger partial charge in [-0.15, -0.1) is 0 Å². The molecule has 0 heterocycles. The average molecular weight is 285 g/mol. The summed E-state index contributed by atoms with van der Waals surface area (Å²) >= 11 is 0. The summed E-state index contributed by atoms with van der Waals surface area (Å²) in [6.45, 7) is 1.17. The number of phenols is 1. The van der Waals surface area contributed by atoms with Crippen molar-refractivity contribution in [1.82, 2.24) is 0 Å². The number of phenolic OH excluding ortho intramolecular Hbond substituents is 1. The van der Waals surface area contributed by atoms with Gasteiger partial charge in [-0.2, -0.15) is 0 Å². The van der Waals surface area contributed by atoms with Crippen LogP contribution in [0.1, 0.15) is 15.9 Å². The van der Waals surface area contributed by atoms with Crippen molar-refractivity contribution in [3.05, 3.63) is 59.7 Å². The summed E-state index contributed by atoms with van der Waals surface area (Å²) < 4.78 is 0. The number of aromatic hydroxyl groups is 1. The summed E-state index contributed by atoms with van der Waals surface area (Å²) in [7, 11) is 0. The highest BCUT2D eigenvalue weighted by atomic mass is 16.4. The molecule has 0 saturated heterocycles. The number of para-hydroxylation sites is 1. The molecule has 0 radical (unpaired) electrons. The van der Waals surface area contributed by atoms with E-state index >= 15 is 0 Å². The Morgan fingerprint density at radius 1 is 1.05 bits per heavy atom. The number of hydrogen-bond acceptors (Lipinski definition) is 3. The predicted molar refractivity (Wildman–Crippen MR) is 78.6 cm³/mol. The molecule has 0 bridgehead atoms. The van der Waals surface area contributed by atoms with Crippen LogP contribution in [-0.4, -0.2) is 28.6 Å². The van der Waals surface area contributed by atoms with Crippen molar-refractivity contribution in [2.24, 2.45) is 0 Å². The monoisotopic (exact) mass is 285 g/mol. The Balaban J connectivity index is 2.44. The number of carboxylic acid groups (broad SMARTS) is 1. The first-order chi connectivity index (χ1) is 10.0. The molecule has 2 N–H and O–H groups in total.